The van der Waals surface area contributed by atoms with E-state index in [4.69, 9.17) is 23.4 Å². The zero-order chi connectivity index (χ0) is 83.6. The Morgan fingerprint density at radius 3 is 1.06 bits per heavy atom. The number of carboxylic acids is 1. The third-order valence-corrected chi connectivity index (χ3v) is 14.7. The predicted octanol–water partition coefficient (Wildman–Crippen LogP) is 15.1. The van der Waals surface area contributed by atoms with E-state index in [0.717, 1.165) is 61.2 Å². The zero-order valence-electron chi connectivity index (χ0n) is 66.1. The summed E-state index contributed by atoms with van der Waals surface area (Å²) in [4.78, 5) is 79.1. The molecule has 0 spiro atoms. The molecular formula is C81H83Cl4FLiN18O9P. The van der Waals surface area contributed by atoms with Gasteiger partial charge in [-0.2, -0.15) is 5.26 Å². The largest absolute Gasteiger partial charge is 1.00 e. The summed E-state index contributed by atoms with van der Waals surface area (Å²) in [5.74, 6) is 0.705. The van der Waals surface area contributed by atoms with Crippen LogP contribution in [0.1, 0.15) is 95.8 Å². The summed E-state index contributed by atoms with van der Waals surface area (Å²) in [5, 5.41) is 33.2. The molecule has 12 aromatic rings. The molecule has 12 rings (SSSR count). The normalized spacial score (nSPS) is 11.1. The Labute approximate surface area is 698 Å². The minimum Gasteiger partial charge on any atom is -0.870 e. The summed E-state index contributed by atoms with van der Waals surface area (Å²) in [5.41, 5.74) is 21.5. The summed E-state index contributed by atoms with van der Waals surface area (Å²) in [6.45, 7) is 24.2. The number of nitrogens with zero attached hydrogens (tertiary/aromatic N) is 17. The molecule has 0 aliphatic rings. The van der Waals surface area contributed by atoms with Gasteiger partial charge in [-0.15, -0.1) is 20.4 Å². The predicted molar refractivity (Wildman–Crippen MR) is 443 cm³/mol. The molecule has 0 unspecified atom stereocenters. The number of nitrogens with two attached hydrogens (primary N) is 1. The van der Waals surface area contributed by atoms with Gasteiger partial charge in [-0.3, -0.25) is 33.7 Å². The topological polar surface area (TPSA) is 378 Å². The molecule has 34 heteroatoms. The molecule has 0 bridgehead atoms. The second-order valence-corrected chi connectivity index (χ2v) is 32.4. The van der Waals surface area contributed by atoms with Gasteiger partial charge in [0.15, 0.2) is 23.3 Å². The van der Waals surface area contributed by atoms with Gasteiger partial charge in [-0.25, -0.2) is 53.0 Å². The first-order valence-electron chi connectivity index (χ1n) is 34.9. The number of carbonyl (C=O) groups is 4. The Balaban J connectivity index is 0.000000304. The molecule has 0 aliphatic heterocycles. The molecule has 115 heavy (non-hydrogen) atoms. The van der Waals surface area contributed by atoms with E-state index in [1.165, 1.54) is 43.9 Å². The van der Waals surface area contributed by atoms with E-state index in [2.05, 4.69) is 129 Å². The molecule has 27 nitrogen and oxygen atoms in total. The number of aliphatic carboxylic acids is 1. The fourth-order valence-corrected chi connectivity index (χ4v) is 10.4. The van der Waals surface area contributed by atoms with Crippen LogP contribution in [0.5, 0.6) is 0 Å². The molecule has 8 aromatic heterocycles. The number of amides is 1. The third kappa shape index (κ3) is 33.5. The number of alkyl halides is 1. The van der Waals surface area contributed by atoms with Crippen LogP contribution in [0.15, 0.2) is 196 Å². The summed E-state index contributed by atoms with van der Waals surface area (Å²) < 4.78 is 40.8. The number of aryl methyl sites for hydroxylation is 8. The second-order valence-electron chi connectivity index (χ2n) is 25.4. The van der Waals surface area contributed by atoms with Gasteiger partial charge in [0.1, 0.15) is 31.4 Å². The first-order chi connectivity index (χ1) is 54.2. The van der Waals surface area contributed by atoms with Crippen molar-refractivity contribution >= 4 is 121 Å². The number of hydrogen-bond donors (Lipinski definition) is 2. The molecule has 4 aromatic carbocycles. The number of allylic oxidation sites excluding steroid dienone is 1. The van der Waals surface area contributed by atoms with E-state index >= 15 is 0 Å². The summed E-state index contributed by atoms with van der Waals surface area (Å²) in [6, 6.07) is 40.8. The van der Waals surface area contributed by atoms with Gasteiger partial charge in [0.2, 0.25) is 0 Å². The van der Waals surface area contributed by atoms with Gasteiger partial charge in [-0.05, 0) is 182 Å². The third-order valence-electron chi connectivity index (χ3n) is 14.6. The Morgan fingerprint density at radius 2 is 0.809 bits per heavy atom. The Bertz CT molecular complexity index is 5190. The second kappa shape index (κ2) is 47.7. The quantitative estimate of drug-likeness (QED) is 0.0201. The van der Waals surface area contributed by atoms with Crippen molar-refractivity contribution in [1.29, 1.82) is 5.26 Å². The first-order valence-corrected chi connectivity index (χ1v) is 39.0. The van der Waals surface area contributed by atoms with Gasteiger partial charge < -0.3 is 25.8 Å². The van der Waals surface area contributed by atoms with Crippen molar-refractivity contribution < 1.29 is 68.4 Å². The van der Waals surface area contributed by atoms with Crippen molar-refractivity contribution in [2.45, 2.75) is 89.2 Å². The van der Waals surface area contributed by atoms with Crippen LogP contribution in [0.2, 0.25) is 0 Å². The van der Waals surface area contributed by atoms with Crippen LogP contribution in [-0.2, 0) is 28.4 Å². The number of aromatic nitrogens is 16. The number of ether oxygens (including phenoxy) is 2. The van der Waals surface area contributed by atoms with E-state index in [1.54, 1.807) is 122 Å². The van der Waals surface area contributed by atoms with E-state index in [0.29, 0.717) is 69.2 Å². The minimum atomic E-state index is -3.22. The van der Waals surface area contributed by atoms with Crippen molar-refractivity contribution in [2.75, 3.05) is 13.8 Å². The molecule has 0 fully saturated rings. The van der Waals surface area contributed by atoms with E-state index in [9.17, 15) is 38.5 Å². The first kappa shape index (κ1) is 93.8. The van der Waals surface area contributed by atoms with Crippen LogP contribution >= 0.6 is 50.5 Å². The number of benzene rings is 4. The standard InChI is InChI=1S/C21H22N4O2.C18H17N5O.C18H15N5.C18H16N4O2.C5H9ClO2.CH3F.Cl3OP.Li.H2O/c1-14(2)27-21(26)19(17-6-5-7-22-11-17)12-25-13-23-20(24-25)18-9-15(3)8-16(4)10-18;1-12-6-13(2)8-15(7-12)18-21-11-23(22-18)10-16(17(19)24)14-4-3-5-20-9-14;1-13-6-14(2)8-16(7-13)18-21-12-23(22-18)11-17(9-19)15-4-3-5-20-10-15;1-12-6-13(2)8-15(7-12)17-20-11-22(21-17)10-16(18(23)24)14-4-3-5-19-9-14;1-4(2)3-8-5(6)7;1-2;1-5(2,3)4;;/h5-14H,1-4H3;3-11H,1-2H3,(H2,19,24);3-8,10-12H,1-2H3;3-11H,1-2H3,(H,23,24);4H,3H2,1-2H3;1H3;;;1H2/q;;;;;;;+1;/p-1/b19-12+;16-10+;17-11-;16-10+;;;;;/i;;;;;1D;;;. The summed E-state index contributed by atoms with van der Waals surface area (Å²) in [6.07, 6.45) is 25.1. The molecule has 0 atom stereocenters. The fraction of sp³-hybridized carbons (Fsp3) is 0.198. The molecule has 1 amide bonds. The number of halogens is 5. The van der Waals surface area contributed by atoms with Crippen molar-refractivity contribution in [2.24, 2.45) is 11.7 Å². The summed E-state index contributed by atoms with van der Waals surface area (Å²) >= 11 is 18.7. The van der Waals surface area contributed by atoms with Crippen LogP contribution in [-0.4, -0.2) is 133 Å². The van der Waals surface area contributed by atoms with E-state index < -0.39 is 35.6 Å². The Morgan fingerprint density at radius 1 is 0.530 bits per heavy atom. The Hall–Kier alpha value is -11.8. The summed E-state index contributed by atoms with van der Waals surface area (Å²) in [7, 11) is -1.00. The van der Waals surface area contributed by atoms with Crippen LogP contribution in [0.3, 0.4) is 0 Å². The monoisotopic (exact) mass is 1650 g/mol. The van der Waals surface area contributed by atoms with E-state index in [1.807, 2.05) is 144 Å². The average Bonchev–Trinajstić information content (AvgIpc) is 1.69. The van der Waals surface area contributed by atoms with Gasteiger partial charge >= 0.3 is 41.4 Å². The van der Waals surface area contributed by atoms with Crippen molar-refractivity contribution in [1.82, 2.24) is 79.0 Å². The SMILES string of the molecule is CC(C)COC(=O)Cl.Cc1cc(C)cc(-c2ncn(/C=C(/C#N)c3cccnc3)n2)c1.Cc1cc(C)cc(-c2ncn(/C=C(/C(=O)O)c3cccnc3)n2)c1.Cc1cc(C)cc(-c2ncn(/C=C(/C(=O)OC(C)C)c3cccnc3)n2)c1.Cc1cc(C)cc(-c2ncn(/C=C(/C(N)=O)c3cccnc3)n2)c1.O=P(Cl)(Cl)Cl.[2H]CF.[Li+].[OH-]. The van der Waals surface area contributed by atoms with Crippen LogP contribution in [0, 0.1) is 72.6 Å². The van der Waals surface area contributed by atoms with Gasteiger partial charge in [0, 0.05) is 130 Å². The fourth-order valence-electron chi connectivity index (χ4n) is 10.4. The molecule has 592 valence electrons. The molecule has 0 saturated heterocycles. The van der Waals surface area contributed by atoms with E-state index in [-0.39, 0.29) is 36.0 Å². The molecule has 0 radical (unpaired) electrons. The van der Waals surface area contributed by atoms with Crippen LogP contribution in [0.4, 0.5) is 9.18 Å². The molecule has 8 heterocycles. The van der Waals surface area contributed by atoms with Crippen molar-refractivity contribution in [3.8, 4) is 51.6 Å². The number of nitriles is 1. The van der Waals surface area contributed by atoms with Gasteiger partial charge in [-0.1, -0.05) is 107 Å². The average molecular weight is 1650 g/mol. The number of rotatable bonds is 18. The maximum absolute atomic E-state index is 12.5. The number of esters is 1. The van der Waals surface area contributed by atoms with Gasteiger partial charge in [0.05, 0.1) is 43.5 Å². The van der Waals surface area contributed by atoms with Gasteiger partial charge in [0.25, 0.3) is 5.91 Å². The minimum absolute atomic E-state index is 0. The smallest absolute Gasteiger partial charge is 0.870 e. The van der Waals surface area contributed by atoms with Crippen LogP contribution in [0.25, 0.3) is 92.6 Å². The number of hydrogen-bond acceptors (Lipinski definition) is 21. The molecule has 0 aliphatic carbocycles. The van der Waals surface area contributed by atoms with Crippen LogP contribution < -0.4 is 24.6 Å². The maximum Gasteiger partial charge on any atom is 1.00 e. The molecule has 0 saturated carbocycles. The number of pyridine rings is 4. The zero-order valence-corrected chi connectivity index (χ0v) is 69.0. The Kier molecular flexibility index (Phi) is 38.9. The molecule has 4 N–H and O–H groups in total. The van der Waals surface area contributed by atoms with Crippen molar-refractivity contribution in [3.63, 3.8) is 0 Å². The number of carbonyl (C=O) groups excluding carboxylic acids is 3. The maximum atomic E-state index is 12.5. The molecular weight excluding hydrogens is 1570 g/mol. The van der Waals surface area contributed by atoms with Crippen molar-refractivity contribution in [3.05, 3.63) is 263 Å². The number of carboxylic acid groups (broad SMARTS) is 1. The number of primary amides is 1.